The van der Waals surface area contributed by atoms with Gasteiger partial charge in [0.15, 0.2) is 0 Å². The van der Waals surface area contributed by atoms with Gasteiger partial charge in [0.25, 0.3) is 20.0 Å². The molecule has 0 aliphatic carbocycles. The van der Waals surface area contributed by atoms with Crippen LogP contribution in [0.2, 0.25) is 0 Å². The number of halogens is 2. The van der Waals surface area contributed by atoms with E-state index in [0.29, 0.717) is 0 Å². The first-order valence-corrected chi connectivity index (χ1v) is 10.4. The van der Waals surface area contributed by atoms with Gasteiger partial charge in [-0.1, -0.05) is 0 Å². The van der Waals surface area contributed by atoms with Gasteiger partial charge in [-0.15, -0.1) is 0 Å². The van der Waals surface area contributed by atoms with Crippen LogP contribution in [0, 0.1) is 11.6 Å². The minimum Gasteiger partial charge on any atom is -0.355 e. The van der Waals surface area contributed by atoms with Crippen molar-refractivity contribution < 1.29 is 44.9 Å². The summed E-state index contributed by atoms with van der Waals surface area (Å²) in [4.78, 5) is 33.4. The number of benzene rings is 2. The standard InChI is InChI=1S/C15H12F2N2O8S2/c16-10-1-5-12(6-2-10)28(22,23)18-26-14(20)9-15(21)27-19-29(24,25)13-7-3-11(17)4-8-13/h1-8,18-19H,9H2. The Balaban J connectivity index is 1.85. The molecule has 0 aromatic heterocycles. The zero-order chi connectivity index (χ0) is 21.7. The van der Waals surface area contributed by atoms with Crippen LogP contribution in [0.25, 0.3) is 0 Å². The van der Waals surface area contributed by atoms with Gasteiger partial charge in [-0.05, 0) is 58.3 Å². The average Bonchev–Trinajstić information content (AvgIpc) is 2.66. The molecule has 0 atom stereocenters. The van der Waals surface area contributed by atoms with Crippen LogP contribution in [0.3, 0.4) is 0 Å². The molecule has 14 heteroatoms. The van der Waals surface area contributed by atoms with Crippen molar-refractivity contribution in [3.05, 3.63) is 60.2 Å². The van der Waals surface area contributed by atoms with Crippen LogP contribution < -0.4 is 9.77 Å². The Morgan fingerprint density at radius 2 is 1.00 bits per heavy atom. The molecule has 0 heterocycles. The molecule has 156 valence electrons. The number of rotatable bonds is 8. The SMILES string of the molecule is O=C(CC(=O)ONS(=O)(=O)c1ccc(F)cc1)ONS(=O)(=O)c1ccc(F)cc1. The summed E-state index contributed by atoms with van der Waals surface area (Å²) in [6.07, 6.45) is -1.15. The molecule has 2 aromatic carbocycles. The van der Waals surface area contributed by atoms with Gasteiger partial charge in [0, 0.05) is 0 Å². The van der Waals surface area contributed by atoms with E-state index in [1.807, 2.05) is 0 Å². The summed E-state index contributed by atoms with van der Waals surface area (Å²) in [5.74, 6) is -4.21. The van der Waals surface area contributed by atoms with E-state index in [1.165, 1.54) is 9.77 Å². The maximum Gasteiger partial charge on any atom is 0.337 e. The van der Waals surface area contributed by atoms with Crippen LogP contribution in [-0.4, -0.2) is 28.8 Å². The highest BCUT2D eigenvalue weighted by Gasteiger charge is 2.21. The van der Waals surface area contributed by atoms with Crippen molar-refractivity contribution >= 4 is 32.0 Å². The molecule has 0 fully saturated rings. The number of nitrogens with one attached hydrogen (secondary N) is 2. The first kappa shape index (κ1) is 22.4. The Hall–Kier alpha value is -2.94. The Morgan fingerprint density at radius 1 is 0.690 bits per heavy atom. The lowest BCUT2D eigenvalue weighted by Crippen LogP contribution is -2.31. The Kier molecular flexibility index (Phi) is 6.97. The molecular weight excluding hydrogens is 438 g/mol. The molecule has 0 aliphatic heterocycles. The van der Waals surface area contributed by atoms with Crippen molar-refractivity contribution in [3.63, 3.8) is 0 Å². The van der Waals surface area contributed by atoms with Crippen molar-refractivity contribution in [1.82, 2.24) is 9.77 Å². The van der Waals surface area contributed by atoms with Crippen molar-refractivity contribution in [1.29, 1.82) is 0 Å². The van der Waals surface area contributed by atoms with E-state index in [2.05, 4.69) is 9.68 Å². The minimum absolute atomic E-state index is 0.415. The van der Waals surface area contributed by atoms with Gasteiger partial charge in [-0.2, -0.15) is 0 Å². The zero-order valence-corrected chi connectivity index (χ0v) is 15.8. The van der Waals surface area contributed by atoms with Crippen molar-refractivity contribution in [2.24, 2.45) is 0 Å². The number of hydrogen-bond acceptors (Lipinski definition) is 8. The lowest BCUT2D eigenvalue weighted by molar-refractivity contribution is -0.158. The second-order valence-electron chi connectivity index (χ2n) is 5.21. The first-order chi connectivity index (χ1) is 13.5. The molecular formula is C15H12F2N2O8S2. The molecule has 2 N–H and O–H groups in total. The van der Waals surface area contributed by atoms with Gasteiger partial charge in [0.2, 0.25) is 0 Å². The second-order valence-corrected chi connectivity index (χ2v) is 8.50. The molecule has 0 amide bonds. The van der Waals surface area contributed by atoms with Crippen LogP contribution in [0.1, 0.15) is 6.42 Å². The molecule has 0 bridgehead atoms. The van der Waals surface area contributed by atoms with Crippen LogP contribution in [0.15, 0.2) is 58.3 Å². The van der Waals surface area contributed by atoms with E-state index in [9.17, 15) is 35.2 Å². The van der Waals surface area contributed by atoms with Gasteiger partial charge < -0.3 is 9.68 Å². The Morgan fingerprint density at radius 3 is 1.31 bits per heavy atom. The van der Waals surface area contributed by atoms with Crippen LogP contribution in [-0.2, 0) is 39.3 Å². The topological polar surface area (TPSA) is 145 Å². The number of carbonyl (C=O) groups excluding carboxylic acids is 2. The highest BCUT2D eigenvalue weighted by molar-refractivity contribution is 7.89. The predicted octanol–water partition coefficient (Wildman–Crippen LogP) is 0.528. The van der Waals surface area contributed by atoms with E-state index in [1.54, 1.807) is 0 Å². The highest BCUT2D eigenvalue weighted by Crippen LogP contribution is 2.10. The fourth-order valence-corrected chi connectivity index (χ4v) is 3.30. The Labute approximate surface area is 163 Å². The smallest absolute Gasteiger partial charge is 0.337 e. The lowest BCUT2D eigenvalue weighted by atomic mass is 10.4. The monoisotopic (exact) mass is 450 g/mol. The molecule has 29 heavy (non-hydrogen) atoms. The quantitative estimate of drug-likeness (QED) is 0.438. The summed E-state index contributed by atoms with van der Waals surface area (Å²) in [6.45, 7) is 0. The fraction of sp³-hybridized carbons (Fsp3) is 0.0667. The van der Waals surface area contributed by atoms with E-state index >= 15 is 0 Å². The fourth-order valence-electron chi connectivity index (χ4n) is 1.72. The molecule has 0 unspecified atom stereocenters. The summed E-state index contributed by atoms with van der Waals surface area (Å²) in [5, 5.41) is 0. The normalized spacial score (nSPS) is 11.7. The van der Waals surface area contributed by atoms with Crippen LogP contribution >= 0.6 is 0 Å². The summed E-state index contributed by atoms with van der Waals surface area (Å²) in [6, 6.07) is 7.08. The van der Waals surface area contributed by atoms with E-state index in [4.69, 9.17) is 0 Å². The predicted molar refractivity (Wildman–Crippen MR) is 90.2 cm³/mol. The summed E-state index contributed by atoms with van der Waals surface area (Å²) in [5.41, 5.74) is 0. The summed E-state index contributed by atoms with van der Waals surface area (Å²) >= 11 is 0. The molecule has 0 spiro atoms. The average molecular weight is 450 g/mol. The van der Waals surface area contributed by atoms with E-state index in [-0.39, 0.29) is 0 Å². The van der Waals surface area contributed by atoms with Crippen LogP contribution in [0.5, 0.6) is 0 Å². The van der Waals surface area contributed by atoms with Crippen molar-refractivity contribution in [2.75, 3.05) is 0 Å². The molecule has 0 aliphatic rings. The van der Waals surface area contributed by atoms with Crippen LogP contribution in [0.4, 0.5) is 8.78 Å². The van der Waals surface area contributed by atoms with Gasteiger partial charge in [-0.3, -0.25) is 0 Å². The number of sulfonamides is 2. The van der Waals surface area contributed by atoms with Gasteiger partial charge in [0.05, 0.1) is 9.79 Å². The molecule has 0 radical (unpaired) electrons. The minimum atomic E-state index is -4.34. The molecule has 0 saturated heterocycles. The summed E-state index contributed by atoms with van der Waals surface area (Å²) < 4.78 is 72.9. The molecule has 2 rings (SSSR count). The third-order valence-electron chi connectivity index (χ3n) is 3.07. The van der Waals surface area contributed by atoms with Gasteiger partial charge >= 0.3 is 11.9 Å². The first-order valence-electron chi connectivity index (χ1n) is 7.44. The third-order valence-corrected chi connectivity index (χ3v) is 5.46. The zero-order valence-electron chi connectivity index (χ0n) is 14.2. The van der Waals surface area contributed by atoms with Crippen molar-refractivity contribution in [2.45, 2.75) is 16.2 Å². The molecule has 10 nitrogen and oxygen atoms in total. The van der Waals surface area contributed by atoms with Gasteiger partial charge in [-0.25, -0.2) is 35.2 Å². The van der Waals surface area contributed by atoms with Gasteiger partial charge in [0.1, 0.15) is 18.1 Å². The highest BCUT2D eigenvalue weighted by atomic mass is 32.2. The second kappa shape index (κ2) is 9.04. The number of carbonyl (C=O) groups is 2. The maximum atomic E-state index is 12.8. The van der Waals surface area contributed by atoms with E-state index < -0.39 is 59.8 Å². The summed E-state index contributed by atoms with van der Waals surface area (Å²) in [7, 11) is -8.67. The third kappa shape index (κ3) is 6.56. The largest absolute Gasteiger partial charge is 0.355 e. The molecule has 0 saturated carbocycles. The number of hydrogen-bond donors (Lipinski definition) is 2. The molecule has 2 aromatic rings. The lowest BCUT2D eigenvalue weighted by Gasteiger charge is -2.08. The maximum absolute atomic E-state index is 12.8. The van der Waals surface area contributed by atoms with Crippen molar-refractivity contribution in [3.8, 4) is 0 Å². The Bertz CT molecular complexity index is 1010. The van der Waals surface area contributed by atoms with E-state index in [0.717, 1.165) is 48.5 Å².